The lowest BCUT2D eigenvalue weighted by Crippen LogP contribution is -2.49. The van der Waals surface area contributed by atoms with Crippen molar-refractivity contribution in [1.82, 2.24) is 20.5 Å². The van der Waals surface area contributed by atoms with Crippen molar-refractivity contribution in [2.75, 3.05) is 26.2 Å². The molecule has 3 rings (SSSR count). The van der Waals surface area contributed by atoms with Gasteiger partial charge in [0, 0.05) is 49.6 Å². The standard InChI is InChI=1S/C18H21ClN4O.2ClH/c19-16-6-2-1-5-15(16)17-12-21-8-9-23(17)13-18(24)22-11-14-4-3-7-20-10-14;;/h1-7,10,17,21H,8-9,11-13H2,(H,22,24);2*1H. The Morgan fingerprint density at radius 2 is 2.08 bits per heavy atom. The maximum Gasteiger partial charge on any atom is 0.234 e. The predicted octanol–water partition coefficient (Wildman–Crippen LogP) is 2.84. The Labute approximate surface area is 171 Å². The fourth-order valence-corrected chi connectivity index (χ4v) is 3.19. The molecule has 1 aliphatic heterocycles. The summed E-state index contributed by atoms with van der Waals surface area (Å²) in [5.41, 5.74) is 2.06. The highest BCUT2D eigenvalue weighted by Gasteiger charge is 2.26. The third-order valence-corrected chi connectivity index (χ3v) is 4.52. The number of hydrogen-bond donors (Lipinski definition) is 2. The number of benzene rings is 1. The minimum atomic E-state index is 0. The van der Waals surface area contributed by atoms with Gasteiger partial charge in [-0.25, -0.2) is 0 Å². The molecule has 142 valence electrons. The van der Waals surface area contributed by atoms with Crippen LogP contribution in [0.25, 0.3) is 0 Å². The molecule has 1 aromatic carbocycles. The lowest BCUT2D eigenvalue weighted by molar-refractivity contribution is -0.123. The largest absolute Gasteiger partial charge is 0.351 e. The van der Waals surface area contributed by atoms with E-state index in [0.29, 0.717) is 13.1 Å². The molecule has 0 radical (unpaired) electrons. The summed E-state index contributed by atoms with van der Waals surface area (Å²) in [5.74, 6) is 0.0119. The van der Waals surface area contributed by atoms with E-state index >= 15 is 0 Å². The number of pyridine rings is 1. The molecule has 1 unspecified atom stereocenters. The first-order chi connectivity index (χ1) is 11.7. The van der Waals surface area contributed by atoms with Crippen LogP contribution in [0.3, 0.4) is 0 Å². The number of hydrogen-bond acceptors (Lipinski definition) is 4. The van der Waals surface area contributed by atoms with Crippen LogP contribution in [0.1, 0.15) is 17.2 Å². The summed E-state index contributed by atoms with van der Waals surface area (Å²) in [6.07, 6.45) is 3.48. The van der Waals surface area contributed by atoms with Crippen LogP contribution in [0.4, 0.5) is 0 Å². The Morgan fingerprint density at radius 3 is 2.81 bits per heavy atom. The summed E-state index contributed by atoms with van der Waals surface area (Å²) in [4.78, 5) is 18.6. The molecule has 1 atom stereocenters. The second-order valence-electron chi connectivity index (χ2n) is 5.85. The van der Waals surface area contributed by atoms with Gasteiger partial charge in [-0.15, -0.1) is 24.8 Å². The number of aromatic nitrogens is 1. The molecular formula is C18H23Cl3N4O. The second-order valence-corrected chi connectivity index (χ2v) is 6.26. The minimum Gasteiger partial charge on any atom is -0.351 e. The normalized spacial score (nSPS) is 16.9. The van der Waals surface area contributed by atoms with E-state index in [1.165, 1.54) is 0 Å². The molecule has 1 aliphatic rings. The van der Waals surface area contributed by atoms with Gasteiger partial charge < -0.3 is 10.6 Å². The van der Waals surface area contributed by atoms with Gasteiger partial charge in [-0.05, 0) is 23.3 Å². The van der Waals surface area contributed by atoms with Gasteiger partial charge >= 0.3 is 0 Å². The van der Waals surface area contributed by atoms with Gasteiger partial charge in [0.15, 0.2) is 0 Å². The minimum absolute atomic E-state index is 0. The molecule has 0 saturated carbocycles. The molecule has 26 heavy (non-hydrogen) atoms. The Balaban J connectivity index is 0.00000169. The first-order valence-corrected chi connectivity index (χ1v) is 8.46. The summed E-state index contributed by atoms with van der Waals surface area (Å²) in [6, 6.07) is 11.8. The number of carbonyl (C=O) groups excluding carboxylic acids is 1. The van der Waals surface area contributed by atoms with E-state index in [2.05, 4.69) is 20.5 Å². The molecule has 2 heterocycles. The van der Waals surface area contributed by atoms with Crippen LogP contribution in [0.5, 0.6) is 0 Å². The molecule has 8 heteroatoms. The molecule has 1 amide bonds. The molecule has 5 nitrogen and oxygen atoms in total. The van der Waals surface area contributed by atoms with E-state index in [1.807, 2.05) is 36.4 Å². The summed E-state index contributed by atoms with van der Waals surface area (Å²) >= 11 is 6.34. The smallest absolute Gasteiger partial charge is 0.234 e. The average Bonchev–Trinajstić information content (AvgIpc) is 2.62. The second kappa shape index (κ2) is 11.4. The first-order valence-electron chi connectivity index (χ1n) is 8.09. The van der Waals surface area contributed by atoms with Gasteiger partial charge in [0.1, 0.15) is 0 Å². The summed E-state index contributed by atoms with van der Waals surface area (Å²) in [5, 5.41) is 7.08. The Hall–Kier alpha value is -1.37. The van der Waals surface area contributed by atoms with Crippen LogP contribution in [-0.4, -0.2) is 42.0 Å². The fraction of sp³-hybridized carbons (Fsp3) is 0.333. The van der Waals surface area contributed by atoms with Crippen molar-refractivity contribution in [2.45, 2.75) is 12.6 Å². The summed E-state index contributed by atoms with van der Waals surface area (Å²) in [6.45, 7) is 3.33. The number of halogens is 3. The molecular weight excluding hydrogens is 395 g/mol. The fourth-order valence-electron chi connectivity index (χ4n) is 2.93. The molecule has 0 spiro atoms. The molecule has 2 aromatic rings. The number of rotatable bonds is 5. The topological polar surface area (TPSA) is 57.3 Å². The molecule has 0 aliphatic carbocycles. The number of piperazine rings is 1. The van der Waals surface area contributed by atoms with Gasteiger partial charge in [-0.1, -0.05) is 35.9 Å². The van der Waals surface area contributed by atoms with Crippen molar-refractivity contribution < 1.29 is 4.79 Å². The highest BCUT2D eigenvalue weighted by molar-refractivity contribution is 6.31. The maximum absolute atomic E-state index is 12.3. The first kappa shape index (κ1) is 22.7. The summed E-state index contributed by atoms with van der Waals surface area (Å²) < 4.78 is 0. The number of amides is 1. The zero-order valence-corrected chi connectivity index (χ0v) is 16.6. The van der Waals surface area contributed by atoms with Gasteiger partial charge in [0.05, 0.1) is 6.54 Å². The Bertz CT molecular complexity index is 687. The van der Waals surface area contributed by atoms with Crippen LogP contribution >= 0.6 is 36.4 Å². The van der Waals surface area contributed by atoms with E-state index in [9.17, 15) is 4.79 Å². The van der Waals surface area contributed by atoms with Gasteiger partial charge in [-0.3, -0.25) is 14.7 Å². The van der Waals surface area contributed by atoms with Crippen molar-refractivity contribution in [3.63, 3.8) is 0 Å². The molecule has 0 bridgehead atoms. The maximum atomic E-state index is 12.3. The van der Waals surface area contributed by atoms with Crippen molar-refractivity contribution in [2.24, 2.45) is 0 Å². The van der Waals surface area contributed by atoms with Crippen molar-refractivity contribution in [1.29, 1.82) is 0 Å². The third kappa shape index (κ3) is 6.11. The van der Waals surface area contributed by atoms with Crippen molar-refractivity contribution in [3.8, 4) is 0 Å². The van der Waals surface area contributed by atoms with E-state index in [4.69, 9.17) is 11.6 Å². The molecule has 1 aromatic heterocycles. The van der Waals surface area contributed by atoms with E-state index in [-0.39, 0.29) is 36.8 Å². The van der Waals surface area contributed by atoms with Gasteiger partial charge in [0.2, 0.25) is 5.91 Å². The molecule has 1 fully saturated rings. The van der Waals surface area contributed by atoms with Crippen LogP contribution in [0.15, 0.2) is 48.8 Å². The van der Waals surface area contributed by atoms with Crippen molar-refractivity contribution >= 4 is 42.3 Å². The van der Waals surface area contributed by atoms with Gasteiger partial charge in [0.25, 0.3) is 0 Å². The SMILES string of the molecule is Cl.Cl.O=C(CN1CCNCC1c1ccccc1Cl)NCc1cccnc1. The van der Waals surface area contributed by atoms with Crippen LogP contribution in [0.2, 0.25) is 5.02 Å². The summed E-state index contributed by atoms with van der Waals surface area (Å²) in [7, 11) is 0. The van der Waals surface area contributed by atoms with Gasteiger partial charge in [-0.2, -0.15) is 0 Å². The zero-order valence-electron chi connectivity index (χ0n) is 14.2. The average molecular weight is 418 g/mol. The lowest BCUT2D eigenvalue weighted by atomic mass is 10.0. The molecule has 2 N–H and O–H groups in total. The Kier molecular flexibility index (Phi) is 9.91. The number of nitrogens with zero attached hydrogens (tertiary/aromatic N) is 2. The quantitative estimate of drug-likeness (QED) is 0.785. The zero-order chi connectivity index (χ0) is 16.8. The van der Waals surface area contributed by atoms with Crippen LogP contribution in [-0.2, 0) is 11.3 Å². The number of carbonyl (C=O) groups is 1. The van der Waals surface area contributed by atoms with Crippen molar-refractivity contribution in [3.05, 3.63) is 64.9 Å². The predicted molar refractivity (Wildman–Crippen MR) is 109 cm³/mol. The highest BCUT2D eigenvalue weighted by Crippen LogP contribution is 2.28. The van der Waals surface area contributed by atoms with Crippen LogP contribution in [0, 0.1) is 0 Å². The number of nitrogens with one attached hydrogen (secondary N) is 2. The highest BCUT2D eigenvalue weighted by atomic mass is 35.5. The van der Waals surface area contributed by atoms with Crippen LogP contribution < -0.4 is 10.6 Å². The van der Waals surface area contributed by atoms with E-state index in [0.717, 1.165) is 35.8 Å². The van der Waals surface area contributed by atoms with E-state index < -0.39 is 0 Å². The van der Waals surface area contributed by atoms with E-state index in [1.54, 1.807) is 12.4 Å². The Morgan fingerprint density at radius 1 is 1.27 bits per heavy atom. The monoisotopic (exact) mass is 416 g/mol. The lowest BCUT2D eigenvalue weighted by Gasteiger charge is -2.36. The third-order valence-electron chi connectivity index (χ3n) is 4.18. The molecule has 1 saturated heterocycles.